The van der Waals surface area contributed by atoms with E-state index in [1.165, 1.54) is 6.20 Å². The van der Waals surface area contributed by atoms with Crippen molar-refractivity contribution in [2.45, 2.75) is 6.04 Å². The monoisotopic (exact) mass is 247 g/mol. The topological polar surface area (TPSA) is 47.0 Å². The third-order valence-corrected chi connectivity index (χ3v) is 2.71. The molecule has 4 nitrogen and oxygen atoms in total. The highest BCUT2D eigenvalue weighted by Gasteiger charge is 2.20. The molecule has 18 heavy (non-hydrogen) atoms. The Morgan fingerprint density at radius 3 is 2.78 bits per heavy atom. The summed E-state index contributed by atoms with van der Waals surface area (Å²) in [6.07, 6.45) is 4.39. The van der Waals surface area contributed by atoms with E-state index >= 15 is 0 Å². The number of rotatable bonds is 4. The summed E-state index contributed by atoms with van der Waals surface area (Å²) in [6.45, 7) is 0. The van der Waals surface area contributed by atoms with E-state index in [0.717, 1.165) is 5.56 Å². The number of hydrogen-bond donors (Lipinski definition) is 1. The van der Waals surface area contributed by atoms with E-state index in [0.29, 0.717) is 11.4 Å². The first kappa shape index (κ1) is 12.4. The number of ether oxygens (including phenoxy) is 1. The van der Waals surface area contributed by atoms with Gasteiger partial charge >= 0.3 is 0 Å². The van der Waals surface area contributed by atoms with E-state index in [1.54, 1.807) is 38.7 Å². The highest BCUT2D eigenvalue weighted by Crippen LogP contribution is 2.28. The summed E-state index contributed by atoms with van der Waals surface area (Å²) in [4.78, 5) is 7.87. The van der Waals surface area contributed by atoms with Crippen LogP contribution in [0.1, 0.15) is 17.2 Å². The predicted molar refractivity (Wildman–Crippen MR) is 65.9 cm³/mol. The Balaban J connectivity index is 2.49. The van der Waals surface area contributed by atoms with Crippen molar-refractivity contribution in [2.24, 2.45) is 0 Å². The predicted octanol–water partition coefficient (Wildman–Crippen LogP) is 1.93. The van der Waals surface area contributed by atoms with Crippen molar-refractivity contribution in [3.05, 3.63) is 53.7 Å². The lowest BCUT2D eigenvalue weighted by molar-refractivity contribution is 0.387. The molecule has 2 aromatic heterocycles. The highest BCUT2D eigenvalue weighted by molar-refractivity contribution is 5.37. The number of hydrogen-bond acceptors (Lipinski definition) is 4. The van der Waals surface area contributed by atoms with Gasteiger partial charge in [-0.3, -0.25) is 4.98 Å². The average molecular weight is 247 g/mol. The lowest BCUT2D eigenvalue weighted by Crippen LogP contribution is -2.20. The van der Waals surface area contributed by atoms with Crippen LogP contribution in [-0.2, 0) is 0 Å². The lowest BCUT2D eigenvalue weighted by Gasteiger charge is -2.19. The molecule has 0 spiro atoms. The van der Waals surface area contributed by atoms with Crippen LogP contribution in [0, 0.1) is 5.82 Å². The van der Waals surface area contributed by atoms with E-state index < -0.39 is 0 Å². The quantitative estimate of drug-likeness (QED) is 0.896. The molecule has 0 aliphatic heterocycles. The zero-order valence-corrected chi connectivity index (χ0v) is 10.2. The van der Waals surface area contributed by atoms with Gasteiger partial charge in [-0.2, -0.15) is 0 Å². The minimum Gasteiger partial charge on any atom is -0.481 e. The molecule has 5 heteroatoms. The number of pyridine rings is 2. The molecular weight excluding hydrogens is 233 g/mol. The molecule has 0 bridgehead atoms. The Labute approximate surface area is 105 Å². The SMILES string of the molecule is CNC(c1ccncc1F)c1cccnc1OC. The summed E-state index contributed by atoms with van der Waals surface area (Å²) in [5.41, 5.74) is 1.30. The van der Waals surface area contributed by atoms with Crippen LogP contribution < -0.4 is 10.1 Å². The van der Waals surface area contributed by atoms with Crippen LogP contribution in [0.25, 0.3) is 0 Å². The molecule has 2 aromatic rings. The number of aromatic nitrogens is 2. The third kappa shape index (κ3) is 2.31. The summed E-state index contributed by atoms with van der Waals surface area (Å²) >= 11 is 0. The lowest BCUT2D eigenvalue weighted by atomic mass is 10.0. The van der Waals surface area contributed by atoms with Crippen molar-refractivity contribution in [3.63, 3.8) is 0 Å². The van der Waals surface area contributed by atoms with Crippen LogP contribution in [0.15, 0.2) is 36.8 Å². The molecule has 0 saturated carbocycles. The standard InChI is InChI=1S/C13H14FN3O/c1-15-12(9-5-7-16-8-11(9)14)10-4-3-6-17-13(10)18-2/h3-8,12,15H,1-2H3. The fourth-order valence-electron chi connectivity index (χ4n) is 1.89. The van der Waals surface area contributed by atoms with Crippen molar-refractivity contribution in [3.8, 4) is 5.88 Å². The fraction of sp³-hybridized carbons (Fsp3) is 0.231. The van der Waals surface area contributed by atoms with Gasteiger partial charge in [0, 0.05) is 23.5 Å². The first-order chi connectivity index (χ1) is 8.77. The second-order valence-electron chi connectivity index (χ2n) is 3.72. The Morgan fingerprint density at radius 1 is 1.28 bits per heavy atom. The van der Waals surface area contributed by atoms with Gasteiger partial charge in [-0.25, -0.2) is 9.37 Å². The second kappa shape index (κ2) is 5.55. The number of nitrogens with one attached hydrogen (secondary N) is 1. The Kier molecular flexibility index (Phi) is 3.84. The Bertz CT molecular complexity index is 533. The van der Waals surface area contributed by atoms with Crippen LogP contribution in [0.3, 0.4) is 0 Å². The molecule has 0 saturated heterocycles. The molecule has 0 aromatic carbocycles. The summed E-state index contributed by atoms with van der Waals surface area (Å²) < 4.78 is 19.0. The molecule has 1 N–H and O–H groups in total. The van der Waals surface area contributed by atoms with Crippen molar-refractivity contribution >= 4 is 0 Å². The van der Waals surface area contributed by atoms with Gasteiger partial charge in [0.25, 0.3) is 0 Å². The molecule has 0 aliphatic rings. The van der Waals surface area contributed by atoms with Crippen molar-refractivity contribution < 1.29 is 9.13 Å². The van der Waals surface area contributed by atoms with Crippen molar-refractivity contribution in [2.75, 3.05) is 14.2 Å². The zero-order valence-electron chi connectivity index (χ0n) is 10.2. The second-order valence-corrected chi connectivity index (χ2v) is 3.72. The van der Waals surface area contributed by atoms with Crippen LogP contribution in [0.4, 0.5) is 4.39 Å². The molecular formula is C13H14FN3O. The largest absolute Gasteiger partial charge is 0.481 e. The fourth-order valence-corrected chi connectivity index (χ4v) is 1.89. The van der Waals surface area contributed by atoms with Crippen molar-refractivity contribution in [1.82, 2.24) is 15.3 Å². The minimum absolute atomic E-state index is 0.323. The molecule has 0 amide bonds. The number of methoxy groups -OCH3 is 1. The first-order valence-electron chi connectivity index (χ1n) is 5.53. The summed E-state index contributed by atoms with van der Waals surface area (Å²) in [7, 11) is 3.30. The Hall–Kier alpha value is -2.01. The summed E-state index contributed by atoms with van der Waals surface area (Å²) in [5.74, 6) is 0.121. The van der Waals surface area contributed by atoms with E-state index in [1.807, 2.05) is 6.07 Å². The van der Waals surface area contributed by atoms with Gasteiger partial charge in [-0.15, -0.1) is 0 Å². The number of nitrogens with zero attached hydrogens (tertiary/aromatic N) is 2. The maximum Gasteiger partial charge on any atom is 0.218 e. The molecule has 2 heterocycles. The van der Waals surface area contributed by atoms with Crippen LogP contribution >= 0.6 is 0 Å². The smallest absolute Gasteiger partial charge is 0.218 e. The first-order valence-corrected chi connectivity index (χ1v) is 5.53. The Morgan fingerprint density at radius 2 is 2.11 bits per heavy atom. The zero-order chi connectivity index (χ0) is 13.0. The molecule has 0 radical (unpaired) electrons. The van der Waals surface area contributed by atoms with E-state index in [-0.39, 0.29) is 11.9 Å². The van der Waals surface area contributed by atoms with Gasteiger partial charge in [-0.1, -0.05) is 6.07 Å². The van der Waals surface area contributed by atoms with Gasteiger partial charge in [0.15, 0.2) is 0 Å². The maximum absolute atomic E-state index is 13.8. The molecule has 94 valence electrons. The average Bonchev–Trinajstić information content (AvgIpc) is 2.42. The van der Waals surface area contributed by atoms with Crippen LogP contribution in [-0.4, -0.2) is 24.1 Å². The van der Waals surface area contributed by atoms with Gasteiger partial charge in [0.05, 0.1) is 19.3 Å². The maximum atomic E-state index is 13.8. The summed E-state index contributed by atoms with van der Waals surface area (Å²) in [5, 5.41) is 3.06. The van der Waals surface area contributed by atoms with Gasteiger partial charge in [0.1, 0.15) is 5.82 Å². The summed E-state index contributed by atoms with van der Waals surface area (Å²) in [6, 6.07) is 4.97. The van der Waals surface area contributed by atoms with Gasteiger partial charge in [0.2, 0.25) is 5.88 Å². The van der Waals surface area contributed by atoms with Crippen molar-refractivity contribution in [1.29, 1.82) is 0 Å². The molecule has 0 aliphatic carbocycles. The van der Waals surface area contributed by atoms with Gasteiger partial charge in [-0.05, 0) is 19.2 Å². The van der Waals surface area contributed by atoms with Crippen LogP contribution in [0.5, 0.6) is 5.88 Å². The minimum atomic E-state index is -0.359. The van der Waals surface area contributed by atoms with Gasteiger partial charge < -0.3 is 10.1 Å². The van der Waals surface area contributed by atoms with Crippen LogP contribution in [0.2, 0.25) is 0 Å². The third-order valence-electron chi connectivity index (χ3n) is 2.71. The van der Waals surface area contributed by atoms with E-state index in [9.17, 15) is 4.39 Å². The number of halogens is 1. The molecule has 0 fully saturated rings. The highest BCUT2D eigenvalue weighted by atomic mass is 19.1. The van der Waals surface area contributed by atoms with E-state index in [2.05, 4.69) is 15.3 Å². The molecule has 1 unspecified atom stereocenters. The van der Waals surface area contributed by atoms with E-state index in [4.69, 9.17) is 4.74 Å². The molecule has 2 rings (SSSR count). The molecule has 1 atom stereocenters. The normalized spacial score (nSPS) is 12.2.